The van der Waals surface area contributed by atoms with E-state index in [2.05, 4.69) is 37.5 Å². The summed E-state index contributed by atoms with van der Waals surface area (Å²) in [5, 5.41) is 35.3. The number of unbranched alkanes of at least 4 members (excludes halogenated alkanes) is 1. The number of ether oxygens (including phenoxy) is 1. The van der Waals surface area contributed by atoms with Crippen molar-refractivity contribution in [2.45, 2.75) is 38.7 Å². The molecule has 4 aromatic rings. The zero-order chi connectivity index (χ0) is 24.8. The van der Waals surface area contributed by atoms with Crippen LogP contribution in [0.25, 0.3) is 11.4 Å². The molecule has 0 aliphatic heterocycles. The zero-order valence-electron chi connectivity index (χ0n) is 18.8. The number of hydrogen-bond donors (Lipinski definition) is 3. The van der Waals surface area contributed by atoms with Gasteiger partial charge in [-0.1, -0.05) is 43.7 Å². The molecule has 1 unspecified atom stereocenters. The van der Waals surface area contributed by atoms with Crippen molar-refractivity contribution >= 4 is 11.7 Å². The predicted octanol–water partition coefficient (Wildman–Crippen LogP) is 3.64. The van der Waals surface area contributed by atoms with Crippen LogP contribution in [0, 0.1) is 10.1 Å². The molecule has 0 saturated carbocycles. The summed E-state index contributed by atoms with van der Waals surface area (Å²) in [5.41, 5.74) is 1.84. The lowest BCUT2D eigenvalue weighted by atomic mass is 9.95. The van der Waals surface area contributed by atoms with Crippen molar-refractivity contribution in [3.63, 3.8) is 0 Å². The SMILES string of the molecule is CCCCc1ncc(C(C(=O)O)c2ccc(OCc3ccc(-c4nn[nH]n4)cc3)c([N+](=O)[O-])c2)[nH]1. The molecule has 0 bridgehead atoms. The van der Waals surface area contributed by atoms with E-state index in [4.69, 9.17) is 4.74 Å². The third-order valence-electron chi connectivity index (χ3n) is 5.44. The van der Waals surface area contributed by atoms with Crippen LogP contribution in [0.3, 0.4) is 0 Å². The van der Waals surface area contributed by atoms with E-state index in [9.17, 15) is 20.0 Å². The topological polar surface area (TPSA) is 173 Å². The Morgan fingerprint density at radius 1 is 1.23 bits per heavy atom. The summed E-state index contributed by atoms with van der Waals surface area (Å²) in [7, 11) is 0. The monoisotopic (exact) mass is 477 g/mol. The molecule has 2 aromatic heterocycles. The molecule has 4 rings (SSSR count). The van der Waals surface area contributed by atoms with Gasteiger partial charge in [-0.2, -0.15) is 5.21 Å². The maximum absolute atomic E-state index is 12.0. The Hall–Kier alpha value is -4.61. The van der Waals surface area contributed by atoms with E-state index in [1.54, 1.807) is 24.3 Å². The van der Waals surface area contributed by atoms with Crippen molar-refractivity contribution in [3.8, 4) is 17.1 Å². The Balaban J connectivity index is 1.53. The highest BCUT2D eigenvalue weighted by Crippen LogP contribution is 2.34. The van der Waals surface area contributed by atoms with Crippen LogP contribution >= 0.6 is 0 Å². The molecule has 2 heterocycles. The maximum Gasteiger partial charge on any atom is 0.317 e. The van der Waals surface area contributed by atoms with Crippen LogP contribution in [0.1, 0.15) is 48.3 Å². The first-order chi connectivity index (χ1) is 17.0. The van der Waals surface area contributed by atoms with Gasteiger partial charge in [0.1, 0.15) is 18.3 Å². The lowest BCUT2D eigenvalue weighted by Crippen LogP contribution is -2.14. The van der Waals surface area contributed by atoms with Crippen molar-refractivity contribution in [1.29, 1.82) is 0 Å². The van der Waals surface area contributed by atoms with E-state index < -0.39 is 16.8 Å². The molecule has 180 valence electrons. The van der Waals surface area contributed by atoms with E-state index in [-0.39, 0.29) is 23.6 Å². The second kappa shape index (κ2) is 10.5. The number of nitrogens with one attached hydrogen (secondary N) is 2. The number of carboxylic acid groups (broad SMARTS) is 1. The number of aromatic amines is 2. The summed E-state index contributed by atoms with van der Waals surface area (Å²) in [6, 6.07) is 11.3. The van der Waals surface area contributed by atoms with Crippen molar-refractivity contribution in [1.82, 2.24) is 30.6 Å². The lowest BCUT2D eigenvalue weighted by molar-refractivity contribution is -0.386. The highest BCUT2D eigenvalue weighted by atomic mass is 16.6. The summed E-state index contributed by atoms with van der Waals surface area (Å²) >= 11 is 0. The van der Waals surface area contributed by atoms with Crippen molar-refractivity contribution in [2.75, 3.05) is 0 Å². The molecule has 1 atom stereocenters. The number of rotatable bonds is 11. The van der Waals surface area contributed by atoms with Gasteiger partial charge in [0.25, 0.3) is 0 Å². The third kappa shape index (κ3) is 5.49. The highest BCUT2D eigenvalue weighted by molar-refractivity contribution is 5.80. The van der Waals surface area contributed by atoms with Gasteiger partial charge in [-0.3, -0.25) is 14.9 Å². The summed E-state index contributed by atoms with van der Waals surface area (Å²) in [6.07, 6.45) is 4.07. The number of nitro groups is 1. The fourth-order valence-electron chi connectivity index (χ4n) is 3.63. The first-order valence-electron chi connectivity index (χ1n) is 11.0. The maximum atomic E-state index is 12.0. The molecule has 0 fully saturated rings. The van der Waals surface area contributed by atoms with Crippen molar-refractivity contribution in [2.24, 2.45) is 0 Å². The van der Waals surface area contributed by atoms with Gasteiger partial charge in [-0.05, 0) is 28.8 Å². The van der Waals surface area contributed by atoms with E-state index in [0.29, 0.717) is 23.8 Å². The average Bonchev–Trinajstić information content (AvgIpc) is 3.55. The molecule has 12 nitrogen and oxygen atoms in total. The standard InChI is InChI=1S/C23H23N7O5/c1-2-3-4-20-24-12-17(25-20)21(23(31)32)16-9-10-19(18(11-16)30(33)34)35-13-14-5-7-15(8-6-14)22-26-28-29-27-22/h5-12,21H,2-4,13H2,1H3,(H,24,25)(H,31,32)(H,26,27,28,29). The summed E-state index contributed by atoms with van der Waals surface area (Å²) < 4.78 is 5.71. The van der Waals surface area contributed by atoms with Gasteiger partial charge in [0.05, 0.1) is 10.6 Å². The number of imidazole rings is 1. The molecular weight excluding hydrogens is 454 g/mol. The Morgan fingerprint density at radius 3 is 2.69 bits per heavy atom. The summed E-state index contributed by atoms with van der Waals surface area (Å²) in [4.78, 5) is 30.5. The van der Waals surface area contributed by atoms with Gasteiger partial charge >= 0.3 is 11.7 Å². The molecule has 0 saturated heterocycles. The Bertz CT molecular complexity index is 1300. The molecule has 0 amide bonds. The smallest absolute Gasteiger partial charge is 0.317 e. The van der Waals surface area contributed by atoms with Gasteiger partial charge in [0.2, 0.25) is 5.82 Å². The molecule has 0 aliphatic carbocycles. The van der Waals surface area contributed by atoms with E-state index >= 15 is 0 Å². The minimum Gasteiger partial charge on any atom is -0.482 e. The third-order valence-corrected chi connectivity index (χ3v) is 5.44. The molecule has 3 N–H and O–H groups in total. The first kappa shape index (κ1) is 23.5. The van der Waals surface area contributed by atoms with Crippen LogP contribution in [-0.2, 0) is 17.8 Å². The number of aryl methyl sites for hydroxylation is 1. The van der Waals surface area contributed by atoms with Gasteiger partial charge in [0.15, 0.2) is 5.75 Å². The molecule has 0 aliphatic rings. The minimum atomic E-state index is -1.14. The Kier molecular flexibility index (Phi) is 7.10. The minimum absolute atomic E-state index is 0.0402. The van der Waals surface area contributed by atoms with Crippen LogP contribution in [0.5, 0.6) is 5.75 Å². The summed E-state index contributed by atoms with van der Waals surface area (Å²) in [6.45, 7) is 2.13. The van der Waals surface area contributed by atoms with Crippen LogP contribution in [-0.4, -0.2) is 46.6 Å². The van der Waals surface area contributed by atoms with Crippen LogP contribution < -0.4 is 4.74 Å². The summed E-state index contributed by atoms with van der Waals surface area (Å²) in [5.74, 6) is -1.08. The highest BCUT2D eigenvalue weighted by Gasteiger charge is 2.28. The molecule has 0 radical (unpaired) electrons. The number of tetrazole rings is 1. The van der Waals surface area contributed by atoms with E-state index in [1.165, 1.54) is 24.4 Å². The number of carbonyl (C=O) groups is 1. The fraction of sp³-hybridized carbons (Fsp3) is 0.261. The molecule has 35 heavy (non-hydrogen) atoms. The zero-order valence-corrected chi connectivity index (χ0v) is 18.8. The number of nitro benzene ring substituents is 1. The van der Waals surface area contributed by atoms with Crippen LogP contribution in [0.4, 0.5) is 5.69 Å². The predicted molar refractivity (Wildman–Crippen MR) is 124 cm³/mol. The molecule has 0 spiro atoms. The van der Waals surface area contributed by atoms with Gasteiger partial charge in [-0.25, -0.2) is 4.98 Å². The number of aromatic nitrogens is 6. The quantitative estimate of drug-likeness (QED) is 0.215. The fourth-order valence-corrected chi connectivity index (χ4v) is 3.63. The second-order valence-corrected chi connectivity index (χ2v) is 7.87. The van der Waals surface area contributed by atoms with Crippen LogP contribution in [0.15, 0.2) is 48.7 Å². The molecule has 2 aromatic carbocycles. The Morgan fingerprint density at radius 2 is 2.03 bits per heavy atom. The molecule has 12 heteroatoms. The first-order valence-corrected chi connectivity index (χ1v) is 11.0. The number of hydrogen-bond acceptors (Lipinski definition) is 8. The number of carboxylic acids is 1. The van der Waals surface area contributed by atoms with Gasteiger partial charge in [0, 0.05) is 24.2 Å². The van der Waals surface area contributed by atoms with Gasteiger partial charge < -0.3 is 14.8 Å². The lowest BCUT2D eigenvalue weighted by Gasteiger charge is -2.13. The largest absolute Gasteiger partial charge is 0.482 e. The van der Waals surface area contributed by atoms with E-state index in [0.717, 1.165) is 24.0 Å². The van der Waals surface area contributed by atoms with Crippen LogP contribution in [0.2, 0.25) is 0 Å². The van der Waals surface area contributed by atoms with E-state index in [1.807, 2.05) is 0 Å². The number of nitrogens with zero attached hydrogens (tertiary/aromatic N) is 5. The average molecular weight is 477 g/mol. The Labute approximate surface area is 199 Å². The normalized spacial score (nSPS) is 11.8. The number of benzene rings is 2. The number of aliphatic carboxylic acids is 1. The second-order valence-electron chi connectivity index (χ2n) is 7.87. The van der Waals surface area contributed by atoms with Crippen molar-refractivity contribution in [3.05, 3.63) is 81.4 Å². The molecular formula is C23H23N7O5. The van der Waals surface area contributed by atoms with Crippen molar-refractivity contribution < 1.29 is 19.6 Å². The van der Waals surface area contributed by atoms with Gasteiger partial charge in [-0.15, -0.1) is 10.2 Å². The number of H-pyrrole nitrogens is 2.